The van der Waals surface area contributed by atoms with Gasteiger partial charge in [-0.3, -0.25) is 5.32 Å². The summed E-state index contributed by atoms with van der Waals surface area (Å²) < 4.78 is 25.0. The molecule has 238 valence electrons. The Kier molecular flexibility index (Phi) is 11.2. The second kappa shape index (κ2) is 15.1. The number of fused-ring (bicyclic) bond motifs is 1. The van der Waals surface area contributed by atoms with Gasteiger partial charge in [-0.1, -0.05) is 18.2 Å². The monoisotopic (exact) mass is 608 g/mol. The molecule has 0 radical (unpaired) electrons. The number of aryl methyl sites for hydroxylation is 2. The average Bonchev–Trinajstić information content (AvgIpc) is 2.94. The van der Waals surface area contributed by atoms with Crippen molar-refractivity contribution in [1.82, 2.24) is 25.8 Å². The van der Waals surface area contributed by atoms with Crippen molar-refractivity contribution in [1.29, 1.82) is 0 Å². The standard InChI is InChI=1S/C33H45FN6O4/c1-33(2,3)44-32(42)35-16-7-17-40-18-14-26(15-19-40)36-31(41)38-30-29(22-39(4)5)43-28-13-12-24(21-27(28)37-30)11-10-23-8-6-9-25(34)20-23/h6,8-9,12-13,20-22,26H,7,10-11,14-19H2,1-5H3,(H,35,42)(H2,36,37,38,41)/b29-22-. The third kappa shape index (κ3) is 10.6. The third-order valence-electron chi connectivity index (χ3n) is 7.15. The van der Waals surface area contributed by atoms with Crippen molar-refractivity contribution < 1.29 is 23.5 Å². The van der Waals surface area contributed by atoms with Crippen molar-refractivity contribution in [2.24, 2.45) is 4.99 Å². The maximum absolute atomic E-state index is 13.6. The second-order valence-corrected chi connectivity index (χ2v) is 12.4. The normalized spacial score (nSPS) is 16.4. The summed E-state index contributed by atoms with van der Waals surface area (Å²) in [5.74, 6) is 1.14. The van der Waals surface area contributed by atoms with Crippen LogP contribution in [0, 0.1) is 5.82 Å². The maximum Gasteiger partial charge on any atom is 0.407 e. The summed E-state index contributed by atoms with van der Waals surface area (Å²) in [6.07, 6.45) is 5.27. The molecule has 3 N–H and O–H groups in total. The largest absolute Gasteiger partial charge is 0.450 e. The Morgan fingerprint density at radius 2 is 1.84 bits per heavy atom. The molecule has 10 nitrogen and oxygen atoms in total. The maximum atomic E-state index is 13.6. The minimum absolute atomic E-state index is 0.0410. The average molecular weight is 609 g/mol. The SMILES string of the molecule is CN(C)/C=C1\Oc2ccc(CCc3cccc(F)c3)cc2N=C1NC(=O)NC1CCN(CCCNC(=O)OC(C)(C)C)CC1. The van der Waals surface area contributed by atoms with Gasteiger partial charge in [0.1, 0.15) is 17.1 Å². The number of likely N-dealkylation sites (tertiary alicyclic amines) is 1. The molecule has 2 aromatic carbocycles. The summed E-state index contributed by atoms with van der Waals surface area (Å²) in [5, 5.41) is 8.78. The number of hydrogen-bond donors (Lipinski definition) is 3. The lowest BCUT2D eigenvalue weighted by molar-refractivity contribution is 0.0525. The van der Waals surface area contributed by atoms with E-state index in [1.165, 1.54) is 6.07 Å². The van der Waals surface area contributed by atoms with Gasteiger partial charge in [-0.2, -0.15) is 0 Å². The number of piperidine rings is 1. The number of amides is 3. The quantitative estimate of drug-likeness (QED) is 0.342. The number of aliphatic imine (C=N–C) groups is 1. The molecule has 0 unspecified atom stereocenters. The number of amidine groups is 1. The molecule has 4 rings (SSSR count). The van der Waals surface area contributed by atoms with E-state index >= 15 is 0 Å². The molecule has 3 amide bonds. The first-order chi connectivity index (χ1) is 20.9. The molecule has 0 saturated carbocycles. The Balaban J connectivity index is 1.28. The molecular weight excluding hydrogens is 563 g/mol. The van der Waals surface area contributed by atoms with Crippen LogP contribution in [-0.2, 0) is 17.6 Å². The Morgan fingerprint density at radius 3 is 2.52 bits per heavy atom. The third-order valence-corrected chi connectivity index (χ3v) is 7.15. The van der Waals surface area contributed by atoms with Crippen LogP contribution in [0.4, 0.5) is 19.7 Å². The number of benzene rings is 2. The van der Waals surface area contributed by atoms with Gasteiger partial charge in [-0.05, 0) is 94.8 Å². The van der Waals surface area contributed by atoms with Crippen LogP contribution >= 0.6 is 0 Å². The molecule has 2 aliphatic rings. The van der Waals surface area contributed by atoms with Crippen LogP contribution in [-0.4, -0.2) is 79.7 Å². The lowest BCUT2D eigenvalue weighted by atomic mass is 10.0. The van der Waals surface area contributed by atoms with Crippen LogP contribution < -0.4 is 20.7 Å². The molecule has 2 heterocycles. The Morgan fingerprint density at radius 1 is 1.11 bits per heavy atom. The number of urea groups is 1. The summed E-state index contributed by atoms with van der Waals surface area (Å²) in [5.41, 5.74) is 2.09. The summed E-state index contributed by atoms with van der Waals surface area (Å²) >= 11 is 0. The van der Waals surface area contributed by atoms with E-state index in [1.807, 2.05) is 64.0 Å². The van der Waals surface area contributed by atoms with Crippen molar-refractivity contribution in [2.75, 3.05) is 40.3 Å². The smallest absolute Gasteiger partial charge is 0.407 e. The van der Waals surface area contributed by atoms with Crippen molar-refractivity contribution in [3.05, 3.63) is 71.4 Å². The van der Waals surface area contributed by atoms with Crippen molar-refractivity contribution in [3.8, 4) is 5.75 Å². The van der Waals surface area contributed by atoms with Gasteiger partial charge in [-0.15, -0.1) is 0 Å². The Bertz CT molecular complexity index is 1360. The van der Waals surface area contributed by atoms with E-state index in [9.17, 15) is 14.0 Å². The zero-order valence-electron chi connectivity index (χ0n) is 26.4. The van der Waals surface area contributed by atoms with E-state index < -0.39 is 11.7 Å². The summed E-state index contributed by atoms with van der Waals surface area (Å²) in [4.78, 5) is 33.8. The first-order valence-electron chi connectivity index (χ1n) is 15.2. The van der Waals surface area contributed by atoms with Gasteiger partial charge in [0.05, 0.1) is 0 Å². The highest BCUT2D eigenvalue weighted by Gasteiger charge is 2.25. The Labute approximate surface area is 259 Å². The molecule has 2 aromatic rings. The van der Waals surface area contributed by atoms with Crippen molar-refractivity contribution in [2.45, 2.75) is 64.5 Å². The first kappa shape index (κ1) is 32.8. The second-order valence-electron chi connectivity index (χ2n) is 12.4. The predicted molar refractivity (Wildman–Crippen MR) is 170 cm³/mol. The molecule has 0 aromatic heterocycles. The van der Waals surface area contributed by atoms with Gasteiger partial charge >= 0.3 is 12.1 Å². The van der Waals surface area contributed by atoms with Gasteiger partial charge in [-0.25, -0.2) is 19.0 Å². The van der Waals surface area contributed by atoms with Crippen molar-refractivity contribution in [3.63, 3.8) is 0 Å². The van der Waals surface area contributed by atoms with E-state index in [1.54, 1.807) is 18.3 Å². The number of nitrogens with zero attached hydrogens (tertiary/aromatic N) is 3. The lowest BCUT2D eigenvalue weighted by Crippen LogP contribution is -2.50. The van der Waals surface area contributed by atoms with Crippen LogP contribution in [0.1, 0.15) is 51.2 Å². The fourth-order valence-corrected chi connectivity index (χ4v) is 5.06. The van der Waals surface area contributed by atoms with E-state index in [0.717, 1.165) is 56.4 Å². The molecule has 0 atom stereocenters. The summed E-state index contributed by atoms with van der Waals surface area (Å²) in [6.45, 7) is 8.67. The molecule has 0 aliphatic carbocycles. The lowest BCUT2D eigenvalue weighted by Gasteiger charge is -2.32. The van der Waals surface area contributed by atoms with Gasteiger partial charge < -0.3 is 29.9 Å². The van der Waals surface area contributed by atoms with E-state index in [2.05, 4.69) is 20.9 Å². The molecule has 44 heavy (non-hydrogen) atoms. The molecule has 2 aliphatic heterocycles. The molecule has 0 spiro atoms. The van der Waals surface area contributed by atoms with Crippen LogP contribution in [0.5, 0.6) is 5.75 Å². The van der Waals surface area contributed by atoms with E-state index in [4.69, 9.17) is 14.5 Å². The topological polar surface area (TPSA) is 108 Å². The van der Waals surface area contributed by atoms with Crippen LogP contribution in [0.2, 0.25) is 0 Å². The van der Waals surface area contributed by atoms with Gasteiger partial charge in [0.15, 0.2) is 17.3 Å². The zero-order valence-corrected chi connectivity index (χ0v) is 26.4. The number of rotatable bonds is 9. The van der Waals surface area contributed by atoms with E-state index in [0.29, 0.717) is 36.0 Å². The Hall–Kier alpha value is -4.12. The predicted octanol–water partition coefficient (Wildman–Crippen LogP) is 5.11. The number of carbonyl (C=O) groups is 2. The van der Waals surface area contributed by atoms with Crippen molar-refractivity contribution >= 4 is 23.6 Å². The fourth-order valence-electron chi connectivity index (χ4n) is 5.06. The number of nitrogens with one attached hydrogen (secondary N) is 3. The number of hydrogen-bond acceptors (Lipinski definition) is 7. The van der Waals surface area contributed by atoms with Crippen LogP contribution in [0.15, 0.2) is 59.4 Å². The minimum Gasteiger partial charge on any atom is -0.450 e. The first-order valence-corrected chi connectivity index (χ1v) is 15.2. The van der Waals surface area contributed by atoms with Crippen LogP contribution in [0.3, 0.4) is 0 Å². The number of ether oxygens (including phenoxy) is 2. The fraction of sp³-hybridized carbons (Fsp3) is 0.485. The number of carbonyl (C=O) groups excluding carboxylic acids is 2. The summed E-state index contributed by atoms with van der Waals surface area (Å²) in [6, 6.07) is 12.1. The van der Waals surface area contributed by atoms with Crippen LogP contribution in [0.25, 0.3) is 0 Å². The molecular formula is C33H45FN6O4. The number of alkyl carbamates (subject to hydrolysis) is 1. The highest BCUT2D eigenvalue weighted by Crippen LogP contribution is 2.34. The summed E-state index contributed by atoms with van der Waals surface area (Å²) in [7, 11) is 3.75. The highest BCUT2D eigenvalue weighted by atomic mass is 19.1. The highest BCUT2D eigenvalue weighted by molar-refractivity contribution is 6.08. The van der Waals surface area contributed by atoms with Gasteiger partial charge in [0.2, 0.25) is 0 Å². The minimum atomic E-state index is -0.508. The van der Waals surface area contributed by atoms with Gasteiger partial charge in [0, 0.05) is 46.0 Å². The molecule has 1 saturated heterocycles. The zero-order chi connectivity index (χ0) is 31.7. The van der Waals surface area contributed by atoms with Gasteiger partial charge in [0.25, 0.3) is 0 Å². The molecule has 1 fully saturated rings. The molecule has 11 heteroatoms. The molecule has 0 bridgehead atoms. The number of halogens is 1. The van der Waals surface area contributed by atoms with E-state index in [-0.39, 0.29) is 17.9 Å².